The number of carbonyl (C=O) groups is 1. The Bertz CT molecular complexity index is 448. The first-order chi connectivity index (χ1) is 6.72. The maximum Gasteiger partial charge on any atom is 0.171 e. The van der Waals surface area contributed by atoms with Gasteiger partial charge in [-0.3, -0.25) is 4.79 Å². The third-order valence-corrected chi connectivity index (χ3v) is 2.67. The molecule has 1 aromatic rings. The summed E-state index contributed by atoms with van der Waals surface area (Å²) in [6.45, 7) is 0.396. The fraction of sp³-hybridized carbons (Fsp3) is 0.200. The van der Waals surface area contributed by atoms with Gasteiger partial charge in [-0.2, -0.15) is 5.26 Å². The first-order valence-corrected chi connectivity index (χ1v) is 4.91. The average molecular weight is 252 g/mol. The number of hydrogen-bond donors (Lipinski definition) is 0. The zero-order valence-corrected chi connectivity index (χ0v) is 8.80. The van der Waals surface area contributed by atoms with E-state index >= 15 is 0 Å². The monoisotopic (exact) mass is 251 g/mol. The maximum atomic E-state index is 11.5. The largest absolute Gasteiger partial charge is 0.492 e. The molecular weight excluding hydrogens is 246 g/mol. The molecule has 3 nitrogen and oxygen atoms in total. The van der Waals surface area contributed by atoms with Crippen LogP contribution in [0.4, 0.5) is 0 Å². The minimum Gasteiger partial charge on any atom is -0.492 e. The summed E-state index contributed by atoms with van der Waals surface area (Å²) in [6, 6.07) is 5.24. The van der Waals surface area contributed by atoms with Gasteiger partial charge in [-0.15, -0.1) is 0 Å². The maximum absolute atomic E-state index is 11.5. The van der Waals surface area contributed by atoms with Crippen molar-refractivity contribution < 1.29 is 9.53 Å². The van der Waals surface area contributed by atoms with E-state index in [1.807, 2.05) is 6.07 Å². The molecule has 0 aromatic heterocycles. The molecule has 0 spiro atoms. The number of benzene rings is 1. The average Bonchev–Trinajstić information content (AvgIpc) is 2.17. The van der Waals surface area contributed by atoms with E-state index in [2.05, 4.69) is 15.9 Å². The van der Waals surface area contributed by atoms with Crippen molar-refractivity contribution in [2.75, 3.05) is 6.61 Å². The molecule has 14 heavy (non-hydrogen) atoms. The minimum absolute atomic E-state index is 0.0580. The van der Waals surface area contributed by atoms with Gasteiger partial charge in [0.05, 0.1) is 23.8 Å². The molecule has 1 aliphatic heterocycles. The topological polar surface area (TPSA) is 50.1 Å². The molecule has 70 valence electrons. The van der Waals surface area contributed by atoms with Crippen molar-refractivity contribution in [2.45, 2.75) is 6.42 Å². The number of hydrogen-bond acceptors (Lipinski definition) is 3. The van der Waals surface area contributed by atoms with Crippen LogP contribution in [0.15, 0.2) is 16.6 Å². The Morgan fingerprint density at radius 2 is 2.29 bits per heavy atom. The van der Waals surface area contributed by atoms with Gasteiger partial charge in [0.25, 0.3) is 0 Å². The van der Waals surface area contributed by atoms with Gasteiger partial charge in [-0.05, 0) is 28.1 Å². The summed E-state index contributed by atoms with van der Waals surface area (Å²) in [5.41, 5.74) is 1.04. The lowest BCUT2D eigenvalue weighted by atomic mass is 10.0. The fourth-order valence-corrected chi connectivity index (χ4v) is 2.07. The molecule has 1 heterocycles. The van der Waals surface area contributed by atoms with Gasteiger partial charge in [0.15, 0.2) is 5.78 Å². The molecule has 4 heteroatoms. The van der Waals surface area contributed by atoms with E-state index in [1.165, 1.54) is 0 Å². The van der Waals surface area contributed by atoms with Crippen LogP contribution in [-0.2, 0) is 0 Å². The number of ether oxygens (including phenoxy) is 1. The molecule has 0 radical (unpaired) electrons. The highest BCUT2D eigenvalue weighted by Crippen LogP contribution is 2.32. The molecule has 0 atom stereocenters. The van der Waals surface area contributed by atoms with E-state index in [1.54, 1.807) is 12.1 Å². The second kappa shape index (κ2) is 3.43. The lowest BCUT2D eigenvalue weighted by molar-refractivity contribution is 0.0932. The molecule has 1 aliphatic rings. The molecule has 0 N–H and O–H groups in total. The number of Topliss-reactive ketones (excluding diaryl/α,β-unsaturated/α-hetero) is 1. The quantitative estimate of drug-likeness (QED) is 0.711. The van der Waals surface area contributed by atoms with Gasteiger partial charge in [0.1, 0.15) is 5.75 Å². The molecular formula is C10H6BrNO2. The van der Waals surface area contributed by atoms with Gasteiger partial charge >= 0.3 is 0 Å². The van der Waals surface area contributed by atoms with Crippen molar-refractivity contribution in [3.63, 3.8) is 0 Å². The molecule has 0 saturated heterocycles. The third-order valence-electron chi connectivity index (χ3n) is 2.05. The lowest BCUT2D eigenvalue weighted by Crippen LogP contribution is -2.16. The number of ketones is 1. The predicted octanol–water partition coefficient (Wildman–Crippen LogP) is 2.29. The van der Waals surface area contributed by atoms with Gasteiger partial charge in [0.2, 0.25) is 0 Å². The Balaban J connectivity index is 2.64. The second-order valence-corrected chi connectivity index (χ2v) is 3.82. The van der Waals surface area contributed by atoms with E-state index in [0.717, 1.165) is 0 Å². The molecule has 1 aromatic carbocycles. The summed E-state index contributed by atoms with van der Waals surface area (Å²) in [6.07, 6.45) is 0.400. The van der Waals surface area contributed by atoms with Gasteiger partial charge in [0, 0.05) is 10.9 Å². The first-order valence-electron chi connectivity index (χ1n) is 4.12. The highest BCUT2D eigenvalue weighted by molar-refractivity contribution is 9.10. The van der Waals surface area contributed by atoms with Gasteiger partial charge in [-0.1, -0.05) is 0 Å². The zero-order chi connectivity index (χ0) is 10.1. The second-order valence-electron chi connectivity index (χ2n) is 2.96. The number of nitrogens with zero attached hydrogens (tertiary/aromatic N) is 1. The van der Waals surface area contributed by atoms with Crippen LogP contribution < -0.4 is 4.74 Å². The van der Waals surface area contributed by atoms with E-state index < -0.39 is 0 Å². The molecule has 0 fully saturated rings. The van der Waals surface area contributed by atoms with Crippen molar-refractivity contribution in [1.29, 1.82) is 5.26 Å². The van der Waals surface area contributed by atoms with E-state index in [4.69, 9.17) is 10.00 Å². The number of fused-ring (bicyclic) bond motifs is 1. The lowest BCUT2D eigenvalue weighted by Gasteiger charge is -2.17. The molecule has 0 bridgehead atoms. The summed E-state index contributed by atoms with van der Waals surface area (Å²) in [7, 11) is 0. The molecule has 0 unspecified atom stereocenters. The summed E-state index contributed by atoms with van der Waals surface area (Å²) in [5, 5.41) is 8.72. The predicted molar refractivity (Wildman–Crippen MR) is 53.3 cm³/mol. The summed E-state index contributed by atoms with van der Waals surface area (Å²) < 4.78 is 5.95. The van der Waals surface area contributed by atoms with Crippen LogP contribution in [0.25, 0.3) is 0 Å². The van der Waals surface area contributed by atoms with Crippen LogP contribution in [0, 0.1) is 11.3 Å². The van der Waals surface area contributed by atoms with Crippen LogP contribution >= 0.6 is 15.9 Å². The Morgan fingerprint density at radius 3 is 3.00 bits per heavy atom. The number of halogens is 1. The van der Waals surface area contributed by atoms with Crippen LogP contribution in [-0.4, -0.2) is 12.4 Å². The highest BCUT2D eigenvalue weighted by Gasteiger charge is 2.21. The van der Waals surface area contributed by atoms with Crippen LogP contribution in [0.3, 0.4) is 0 Å². The fourth-order valence-electron chi connectivity index (χ4n) is 1.41. The van der Waals surface area contributed by atoms with E-state index in [-0.39, 0.29) is 5.78 Å². The smallest absolute Gasteiger partial charge is 0.171 e. The van der Waals surface area contributed by atoms with Gasteiger partial charge < -0.3 is 4.74 Å². The third kappa shape index (κ3) is 1.40. The number of carbonyl (C=O) groups excluding carboxylic acids is 1. The van der Waals surface area contributed by atoms with E-state index in [9.17, 15) is 4.79 Å². The number of rotatable bonds is 0. The van der Waals surface area contributed by atoms with Crippen molar-refractivity contribution in [3.05, 3.63) is 27.7 Å². The Labute approximate surface area is 89.4 Å². The highest BCUT2D eigenvalue weighted by atomic mass is 79.9. The Kier molecular flexibility index (Phi) is 2.26. The molecule has 2 rings (SSSR count). The van der Waals surface area contributed by atoms with Crippen molar-refractivity contribution >= 4 is 21.7 Å². The van der Waals surface area contributed by atoms with Crippen molar-refractivity contribution in [1.82, 2.24) is 0 Å². The Morgan fingerprint density at radius 1 is 1.50 bits per heavy atom. The van der Waals surface area contributed by atoms with Crippen LogP contribution in [0.2, 0.25) is 0 Å². The zero-order valence-electron chi connectivity index (χ0n) is 7.21. The summed E-state index contributed by atoms with van der Waals surface area (Å²) >= 11 is 3.26. The van der Waals surface area contributed by atoms with Crippen molar-refractivity contribution in [3.8, 4) is 11.8 Å². The van der Waals surface area contributed by atoms with Crippen LogP contribution in [0.5, 0.6) is 5.75 Å². The molecule has 0 amide bonds. The molecule has 0 aliphatic carbocycles. The summed E-state index contributed by atoms with van der Waals surface area (Å²) in [5.74, 6) is 0.565. The molecule has 0 saturated carbocycles. The minimum atomic E-state index is 0.0580. The first kappa shape index (κ1) is 9.22. The standard InChI is InChI=1S/C10H6BrNO2/c11-7-3-6(5-12)4-9-10(7)8(13)1-2-14-9/h3-4H,1-2H2. The SMILES string of the molecule is N#Cc1cc(Br)c2c(c1)OCCC2=O. The van der Waals surface area contributed by atoms with Crippen molar-refractivity contribution in [2.24, 2.45) is 0 Å². The normalized spacial score (nSPS) is 14.1. The van der Waals surface area contributed by atoms with E-state index in [0.29, 0.717) is 34.4 Å². The van der Waals surface area contributed by atoms with Gasteiger partial charge in [-0.25, -0.2) is 0 Å². The summed E-state index contributed by atoms with van der Waals surface area (Å²) in [4.78, 5) is 11.5. The van der Waals surface area contributed by atoms with Crippen LogP contribution in [0.1, 0.15) is 22.3 Å². The Hall–Kier alpha value is -1.34. The number of nitriles is 1.